The van der Waals surface area contributed by atoms with Gasteiger partial charge in [-0.05, 0) is 54.7 Å². The molecule has 0 spiro atoms. The summed E-state index contributed by atoms with van der Waals surface area (Å²) in [6.45, 7) is 7.88. The Morgan fingerprint density at radius 2 is 1.39 bits per heavy atom. The highest BCUT2D eigenvalue weighted by atomic mass is 32.2. The van der Waals surface area contributed by atoms with Gasteiger partial charge in [-0.2, -0.15) is 0 Å². The van der Waals surface area contributed by atoms with Crippen LogP contribution in [0.4, 0.5) is 5.69 Å². The van der Waals surface area contributed by atoms with Gasteiger partial charge >= 0.3 is 0 Å². The fourth-order valence-corrected chi connectivity index (χ4v) is 5.40. The van der Waals surface area contributed by atoms with Crippen molar-refractivity contribution in [3.8, 4) is 0 Å². The second kappa shape index (κ2) is 13.2. The fourth-order valence-electron chi connectivity index (χ4n) is 3.96. The van der Waals surface area contributed by atoms with Crippen molar-refractivity contribution >= 4 is 27.5 Å². The number of carbonyl (C=O) groups excluding carboxylic acids is 2. The molecule has 3 aromatic rings. The second-order valence-corrected chi connectivity index (χ2v) is 11.5. The molecule has 202 valence electrons. The average Bonchev–Trinajstić information content (AvgIpc) is 2.93. The first-order chi connectivity index (χ1) is 18.1. The summed E-state index contributed by atoms with van der Waals surface area (Å²) in [6, 6.07) is 23.8. The van der Waals surface area contributed by atoms with E-state index in [1.54, 1.807) is 37.3 Å². The molecule has 0 saturated heterocycles. The number of anilines is 1. The smallest absolute Gasteiger partial charge is 0.264 e. The monoisotopic (exact) mass is 535 g/mol. The third-order valence-electron chi connectivity index (χ3n) is 6.29. The van der Waals surface area contributed by atoms with Crippen molar-refractivity contribution in [2.45, 2.75) is 51.6 Å². The predicted octanol–water partition coefficient (Wildman–Crippen LogP) is 4.63. The van der Waals surface area contributed by atoms with Crippen LogP contribution in [0.3, 0.4) is 0 Å². The van der Waals surface area contributed by atoms with Gasteiger partial charge in [-0.1, -0.05) is 81.4 Å². The number of rotatable bonds is 12. The van der Waals surface area contributed by atoms with Crippen molar-refractivity contribution in [1.29, 1.82) is 0 Å². The van der Waals surface area contributed by atoms with Crippen LogP contribution in [0.15, 0.2) is 89.8 Å². The Labute approximate surface area is 226 Å². The first-order valence-corrected chi connectivity index (χ1v) is 14.3. The van der Waals surface area contributed by atoms with Gasteiger partial charge in [-0.15, -0.1) is 0 Å². The van der Waals surface area contributed by atoms with E-state index < -0.39 is 28.5 Å². The van der Waals surface area contributed by atoms with Crippen LogP contribution in [-0.2, 0) is 32.6 Å². The van der Waals surface area contributed by atoms with Crippen molar-refractivity contribution in [3.63, 3.8) is 0 Å². The third kappa shape index (κ3) is 7.44. The van der Waals surface area contributed by atoms with Gasteiger partial charge in [0.25, 0.3) is 10.0 Å². The first kappa shape index (κ1) is 28.9. The minimum absolute atomic E-state index is 0.0877. The number of hydrogen-bond acceptors (Lipinski definition) is 4. The molecule has 0 aliphatic carbocycles. The van der Waals surface area contributed by atoms with Gasteiger partial charge in [0.15, 0.2) is 0 Å². The van der Waals surface area contributed by atoms with E-state index >= 15 is 0 Å². The number of carbonyl (C=O) groups is 2. The fraction of sp³-hybridized carbons (Fsp3) is 0.333. The third-order valence-corrected chi connectivity index (χ3v) is 8.08. The van der Waals surface area contributed by atoms with E-state index in [4.69, 9.17) is 0 Å². The van der Waals surface area contributed by atoms with Gasteiger partial charge in [-0.3, -0.25) is 13.9 Å². The Hall–Kier alpha value is -3.65. The van der Waals surface area contributed by atoms with E-state index in [9.17, 15) is 18.0 Å². The van der Waals surface area contributed by atoms with Crippen LogP contribution >= 0.6 is 0 Å². The minimum atomic E-state index is -4.06. The van der Waals surface area contributed by atoms with E-state index in [1.165, 1.54) is 17.0 Å². The Morgan fingerprint density at radius 1 is 0.816 bits per heavy atom. The molecule has 38 heavy (non-hydrogen) atoms. The Kier molecular flexibility index (Phi) is 10.1. The zero-order chi connectivity index (χ0) is 27.7. The topological polar surface area (TPSA) is 86.8 Å². The lowest BCUT2D eigenvalue weighted by Crippen LogP contribution is -2.51. The maximum absolute atomic E-state index is 13.9. The molecule has 0 aliphatic rings. The van der Waals surface area contributed by atoms with Crippen LogP contribution in [0, 0.1) is 5.92 Å². The number of sulfonamides is 1. The lowest BCUT2D eigenvalue weighted by atomic mass is 10.1. The molecule has 1 N–H and O–H groups in total. The summed E-state index contributed by atoms with van der Waals surface area (Å²) < 4.78 is 28.6. The molecule has 1 atom stereocenters. The molecule has 8 heteroatoms. The van der Waals surface area contributed by atoms with E-state index in [2.05, 4.69) is 5.32 Å². The van der Waals surface area contributed by atoms with Crippen molar-refractivity contribution < 1.29 is 18.0 Å². The zero-order valence-electron chi connectivity index (χ0n) is 22.5. The van der Waals surface area contributed by atoms with Gasteiger partial charge in [-0.25, -0.2) is 8.42 Å². The molecular weight excluding hydrogens is 498 g/mol. The van der Waals surface area contributed by atoms with Crippen LogP contribution in [-0.4, -0.2) is 44.3 Å². The number of hydrogen-bond donors (Lipinski definition) is 1. The largest absolute Gasteiger partial charge is 0.354 e. The van der Waals surface area contributed by atoms with Crippen LogP contribution in [0.2, 0.25) is 0 Å². The van der Waals surface area contributed by atoms with Gasteiger partial charge in [0.1, 0.15) is 12.6 Å². The second-order valence-electron chi connectivity index (χ2n) is 9.67. The Morgan fingerprint density at radius 3 is 1.95 bits per heavy atom. The molecule has 0 saturated carbocycles. The number of benzene rings is 3. The number of nitrogens with one attached hydrogen (secondary N) is 1. The summed E-state index contributed by atoms with van der Waals surface area (Å²) in [5.41, 5.74) is 2.28. The molecule has 7 nitrogen and oxygen atoms in total. The number of nitrogens with zero attached hydrogens (tertiary/aromatic N) is 2. The maximum atomic E-state index is 13.9. The van der Waals surface area contributed by atoms with Crippen LogP contribution in [0.1, 0.15) is 38.8 Å². The summed E-state index contributed by atoms with van der Waals surface area (Å²) >= 11 is 0. The van der Waals surface area contributed by atoms with Crippen molar-refractivity contribution in [2.75, 3.05) is 17.4 Å². The molecule has 0 aromatic heterocycles. The minimum Gasteiger partial charge on any atom is -0.354 e. The van der Waals surface area contributed by atoms with Crippen molar-refractivity contribution in [3.05, 3.63) is 96.1 Å². The standard InChI is InChI=1S/C30H37N3O4S/c1-5-25-16-18-27(19-17-25)33(38(36,37)28-14-10-7-11-15-28)22-29(34)32(21-26-12-8-6-9-13-26)24(4)30(35)31-20-23(2)3/h6-19,23-24H,5,20-22H2,1-4H3,(H,31,35)/t24-/m0/s1. The van der Waals surface area contributed by atoms with Crippen LogP contribution in [0.25, 0.3) is 0 Å². The molecule has 0 heterocycles. The lowest BCUT2D eigenvalue weighted by Gasteiger charge is -2.32. The lowest BCUT2D eigenvalue weighted by molar-refractivity contribution is -0.139. The molecular formula is C30H37N3O4S. The van der Waals surface area contributed by atoms with E-state index in [1.807, 2.05) is 63.2 Å². The molecule has 0 radical (unpaired) electrons. The van der Waals surface area contributed by atoms with Gasteiger partial charge < -0.3 is 10.2 Å². The SMILES string of the molecule is CCc1ccc(N(CC(=O)N(Cc2ccccc2)[C@@H](C)C(=O)NCC(C)C)S(=O)(=O)c2ccccc2)cc1. The zero-order valence-corrected chi connectivity index (χ0v) is 23.3. The molecule has 0 aliphatic heterocycles. The molecule has 0 bridgehead atoms. The van der Waals surface area contributed by atoms with Crippen LogP contribution < -0.4 is 9.62 Å². The number of amides is 2. The summed E-state index contributed by atoms with van der Waals surface area (Å²) in [4.78, 5) is 28.4. The van der Waals surface area contributed by atoms with Crippen molar-refractivity contribution in [2.24, 2.45) is 5.92 Å². The average molecular weight is 536 g/mol. The summed E-state index contributed by atoms with van der Waals surface area (Å²) in [7, 11) is -4.06. The van der Waals surface area contributed by atoms with Gasteiger partial charge in [0.2, 0.25) is 11.8 Å². The molecule has 3 aromatic carbocycles. The molecule has 2 amide bonds. The predicted molar refractivity (Wildman–Crippen MR) is 151 cm³/mol. The molecule has 0 unspecified atom stereocenters. The van der Waals surface area contributed by atoms with E-state index in [0.717, 1.165) is 21.9 Å². The van der Waals surface area contributed by atoms with Gasteiger partial charge in [0, 0.05) is 13.1 Å². The van der Waals surface area contributed by atoms with Gasteiger partial charge in [0.05, 0.1) is 10.6 Å². The van der Waals surface area contributed by atoms with Crippen molar-refractivity contribution in [1.82, 2.24) is 10.2 Å². The highest BCUT2D eigenvalue weighted by molar-refractivity contribution is 7.92. The normalized spacial score (nSPS) is 12.1. The highest BCUT2D eigenvalue weighted by Gasteiger charge is 2.32. The Balaban J connectivity index is 1.98. The summed E-state index contributed by atoms with van der Waals surface area (Å²) in [6.07, 6.45) is 0.804. The van der Waals surface area contributed by atoms with E-state index in [-0.39, 0.29) is 23.3 Å². The number of aryl methyl sites for hydroxylation is 1. The highest BCUT2D eigenvalue weighted by Crippen LogP contribution is 2.25. The summed E-state index contributed by atoms with van der Waals surface area (Å²) in [5, 5.41) is 2.89. The Bertz CT molecular complexity index is 1290. The molecule has 0 fully saturated rings. The summed E-state index contributed by atoms with van der Waals surface area (Å²) in [5.74, 6) is -0.505. The van der Waals surface area contributed by atoms with Crippen LogP contribution in [0.5, 0.6) is 0 Å². The van der Waals surface area contributed by atoms with E-state index in [0.29, 0.717) is 12.2 Å². The quantitative estimate of drug-likeness (QED) is 0.366. The molecule has 3 rings (SSSR count). The first-order valence-electron chi connectivity index (χ1n) is 12.9. The maximum Gasteiger partial charge on any atom is 0.264 e.